The number of amides is 3. The molecule has 48 heavy (non-hydrogen) atoms. The number of aromatic nitrogens is 2. The van der Waals surface area contributed by atoms with Crippen LogP contribution in [0.15, 0.2) is 36.8 Å². The first-order valence-corrected chi connectivity index (χ1v) is 16.9. The highest BCUT2D eigenvalue weighted by Crippen LogP contribution is 2.29. The van der Waals surface area contributed by atoms with Crippen molar-refractivity contribution in [1.82, 2.24) is 25.9 Å². The van der Waals surface area contributed by atoms with Crippen LogP contribution in [0.5, 0.6) is 5.75 Å². The van der Waals surface area contributed by atoms with E-state index in [9.17, 15) is 24.6 Å². The lowest BCUT2D eigenvalue weighted by Crippen LogP contribution is -2.59. The predicted molar refractivity (Wildman–Crippen MR) is 182 cm³/mol. The summed E-state index contributed by atoms with van der Waals surface area (Å²) in [6.07, 6.45) is 5.79. The number of hydrogen-bond donors (Lipinski definition) is 7. The van der Waals surface area contributed by atoms with Gasteiger partial charge in [0.15, 0.2) is 0 Å². The van der Waals surface area contributed by atoms with Crippen LogP contribution in [0, 0.1) is 5.92 Å². The molecular weight excluding hydrogens is 616 g/mol. The molecule has 0 aliphatic heterocycles. The Labute approximate surface area is 284 Å². The summed E-state index contributed by atoms with van der Waals surface area (Å²) in [7, 11) is 1.55. The number of benzene rings is 1. The number of nitrogens with one attached hydrogen (secondary N) is 4. The van der Waals surface area contributed by atoms with Gasteiger partial charge in [-0.05, 0) is 71.1 Å². The largest absolute Gasteiger partial charge is 0.497 e. The third-order valence-electron chi connectivity index (χ3n) is 8.40. The molecular formula is C35H56N6O7. The number of alkyl carbamates (subject to hydrolysis) is 1. The molecule has 268 valence electrons. The van der Waals surface area contributed by atoms with E-state index in [1.807, 2.05) is 0 Å². The Morgan fingerprint density at radius 1 is 0.958 bits per heavy atom. The SMILES string of the molecule is COc1ccc(C[C@H](NC(=O)OC(C)(C)C)C(=O)N[C@@H](Cc2cnc[nH]2)C(=O)N[C@@H](CC2CCCCC2)[C@@H](O)[C@@H](O)CC(C)(C)N)cc1. The van der Waals surface area contributed by atoms with Gasteiger partial charge in [-0.15, -0.1) is 0 Å². The summed E-state index contributed by atoms with van der Waals surface area (Å²) in [5.41, 5.74) is 5.94. The summed E-state index contributed by atoms with van der Waals surface area (Å²) >= 11 is 0. The normalized spacial score (nSPS) is 17.4. The smallest absolute Gasteiger partial charge is 0.408 e. The monoisotopic (exact) mass is 672 g/mol. The number of carbonyl (C=O) groups excluding carboxylic acids is 3. The molecule has 1 aliphatic rings. The minimum atomic E-state index is -1.28. The first-order chi connectivity index (χ1) is 22.5. The maximum atomic E-state index is 14.0. The number of rotatable bonds is 16. The molecule has 0 bridgehead atoms. The minimum Gasteiger partial charge on any atom is -0.497 e. The van der Waals surface area contributed by atoms with E-state index in [-0.39, 0.29) is 25.2 Å². The van der Waals surface area contributed by atoms with Crippen molar-refractivity contribution in [2.24, 2.45) is 11.7 Å². The van der Waals surface area contributed by atoms with Crippen molar-refractivity contribution in [2.75, 3.05) is 7.11 Å². The fourth-order valence-electron chi connectivity index (χ4n) is 6.03. The lowest BCUT2D eigenvalue weighted by Gasteiger charge is -2.35. The Balaban J connectivity index is 1.86. The molecule has 0 radical (unpaired) electrons. The van der Waals surface area contributed by atoms with Crippen molar-refractivity contribution in [1.29, 1.82) is 0 Å². The van der Waals surface area contributed by atoms with E-state index < -0.39 is 59.4 Å². The second kappa shape index (κ2) is 17.6. The van der Waals surface area contributed by atoms with Crippen LogP contribution in [0.4, 0.5) is 4.79 Å². The van der Waals surface area contributed by atoms with Gasteiger partial charge >= 0.3 is 6.09 Å². The van der Waals surface area contributed by atoms with Crippen LogP contribution in [0.3, 0.4) is 0 Å². The number of nitrogens with two attached hydrogens (primary N) is 1. The van der Waals surface area contributed by atoms with Gasteiger partial charge in [-0.1, -0.05) is 44.2 Å². The van der Waals surface area contributed by atoms with E-state index in [0.717, 1.165) is 37.7 Å². The van der Waals surface area contributed by atoms with Crippen LogP contribution < -0.4 is 26.4 Å². The Bertz CT molecular complexity index is 1280. The minimum absolute atomic E-state index is 0.0594. The fraction of sp³-hybridized carbons (Fsp3) is 0.657. The van der Waals surface area contributed by atoms with Crippen molar-refractivity contribution in [3.8, 4) is 5.75 Å². The van der Waals surface area contributed by atoms with E-state index in [0.29, 0.717) is 17.9 Å². The number of H-pyrrole nitrogens is 1. The average Bonchev–Trinajstić information content (AvgIpc) is 3.52. The van der Waals surface area contributed by atoms with E-state index in [1.54, 1.807) is 72.2 Å². The number of aliphatic hydroxyl groups excluding tert-OH is 2. The van der Waals surface area contributed by atoms with Crippen molar-refractivity contribution >= 4 is 17.9 Å². The molecule has 2 aromatic rings. The molecule has 1 aromatic carbocycles. The lowest BCUT2D eigenvalue weighted by atomic mass is 9.82. The van der Waals surface area contributed by atoms with Crippen molar-refractivity contribution in [2.45, 2.75) is 134 Å². The molecule has 1 saturated carbocycles. The highest BCUT2D eigenvalue weighted by molar-refractivity contribution is 5.91. The van der Waals surface area contributed by atoms with Gasteiger partial charge in [0.25, 0.3) is 0 Å². The zero-order valence-electron chi connectivity index (χ0n) is 29.3. The molecule has 1 heterocycles. The number of ether oxygens (including phenoxy) is 2. The maximum Gasteiger partial charge on any atom is 0.408 e. The first-order valence-electron chi connectivity index (χ1n) is 16.9. The summed E-state index contributed by atoms with van der Waals surface area (Å²) in [5.74, 6) is -0.242. The van der Waals surface area contributed by atoms with Gasteiger partial charge in [0.1, 0.15) is 29.5 Å². The number of carbonyl (C=O) groups is 3. The van der Waals surface area contributed by atoms with Gasteiger partial charge in [0, 0.05) is 30.3 Å². The Kier molecular flexibility index (Phi) is 14.2. The Morgan fingerprint density at radius 3 is 2.15 bits per heavy atom. The fourth-order valence-corrected chi connectivity index (χ4v) is 6.03. The number of nitrogens with zero attached hydrogens (tertiary/aromatic N) is 1. The molecule has 1 aliphatic carbocycles. The first kappa shape index (κ1) is 38.8. The summed E-state index contributed by atoms with van der Waals surface area (Å²) in [6.45, 7) is 8.70. The Hall–Kier alpha value is -3.68. The Morgan fingerprint density at radius 2 is 1.58 bits per heavy atom. The number of hydrogen-bond acceptors (Lipinski definition) is 9. The van der Waals surface area contributed by atoms with Crippen molar-refractivity contribution in [3.05, 3.63) is 48.0 Å². The van der Waals surface area contributed by atoms with Crippen LogP contribution in [0.1, 0.15) is 90.8 Å². The average molecular weight is 673 g/mol. The molecule has 13 heteroatoms. The number of methoxy groups -OCH3 is 1. The number of aromatic amines is 1. The van der Waals surface area contributed by atoms with E-state index in [1.165, 1.54) is 6.33 Å². The summed E-state index contributed by atoms with van der Waals surface area (Å²) < 4.78 is 10.7. The maximum absolute atomic E-state index is 14.0. The number of imidazole rings is 1. The van der Waals surface area contributed by atoms with Crippen LogP contribution in [0.2, 0.25) is 0 Å². The van der Waals surface area contributed by atoms with E-state index in [2.05, 4.69) is 25.9 Å². The zero-order valence-corrected chi connectivity index (χ0v) is 29.3. The van der Waals surface area contributed by atoms with Crippen molar-refractivity contribution in [3.63, 3.8) is 0 Å². The van der Waals surface area contributed by atoms with Crippen LogP contribution >= 0.6 is 0 Å². The second-order valence-corrected chi connectivity index (χ2v) is 14.7. The van der Waals surface area contributed by atoms with Gasteiger partial charge in [-0.25, -0.2) is 9.78 Å². The second-order valence-electron chi connectivity index (χ2n) is 14.7. The molecule has 1 fully saturated rings. The lowest BCUT2D eigenvalue weighted by molar-refractivity contribution is -0.131. The summed E-state index contributed by atoms with van der Waals surface area (Å²) in [6, 6.07) is 4.10. The van der Waals surface area contributed by atoms with Gasteiger partial charge in [0.05, 0.1) is 25.6 Å². The molecule has 0 unspecified atom stereocenters. The molecule has 13 nitrogen and oxygen atoms in total. The zero-order chi connectivity index (χ0) is 35.5. The van der Waals surface area contributed by atoms with Crippen LogP contribution in [-0.2, 0) is 27.2 Å². The molecule has 1 aromatic heterocycles. The standard InChI is InChI=1S/C35H56N6O7/c1-34(2,3)48-33(46)41-27(17-23-12-14-25(47-6)15-13-23)31(44)40-28(18-24-20-37-21-38-24)32(45)39-26(16-22-10-8-7-9-11-22)30(43)29(42)19-35(4,5)36/h12-15,20-22,26-30,42-43H,7-11,16-19,36H2,1-6H3,(H,37,38)(H,39,45)(H,40,44)(H,41,46)/t26-,27-,28-,29-,30+/m0/s1. The van der Waals surface area contributed by atoms with E-state index in [4.69, 9.17) is 15.2 Å². The topological polar surface area (TPSA) is 201 Å². The highest BCUT2D eigenvalue weighted by Gasteiger charge is 2.35. The van der Waals surface area contributed by atoms with Gasteiger partial charge in [0.2, 0.25) is 11.8 Å². The third-order valence-corrected chi connectivity index (χ3v) is 8.40. The van der Waals surface area contributed by atoms with Gasteiger partial charge in [-0.2, -0.15) is 0 Å². The number of aliphatic hydroxyl groups is 2. The summed E-state index contributed by atoms with van der Waals surface area (Å²) in [5, 5.41) is 30.7. The summed E-state index contributed by atoms with van der Waals surface area (Å²) in [4.78, 5) is 47.8. The molecule has 8 N–H and O–H groups in total. The van der Waals surface area contributed by atoms with Crippen LogP contribution in [-0.4, -0.2) is 86.7 Å². The predicted octanol–water partition coefficient (Wildman–Crippen LogP) is 2.89. The molecule has 3 rings (SSSR count). The van der Waals surface area contributed by atoms with Gasteiger partial charge < -0.3 is 46.4 Å². The van der Waals surface area contributed by atoms with Gasteiger partial charge in [-0.3, -0.25) is 9.59 Å². The molecule has 0 spiro atoms. The van der Waals surface area contributed by atoms with E-state index >= 15 is 0 Å². The third kappa shape index (κ3) is 13.4. The highest BCUT2D eigenvalue weighted by atomic mass is 16.6. The molecule has 5 atom stereocenters. The molecule has 3 amide bonds. The van der Waals surface area contributed by atoms with Crippen molar-refractivity contribution < 1.29 is 34.1 Å². The molecule has 0 saturated heterocycles. The quantitative estimate of drug-likeness (QED) is 0.140. The van der Waals surface area contributed by atoms with Crippen LogP contribution in [0.25, 0.3) is 0 Å².